The number of hydrogen-bond donors (Lipinski definition) is 2. The number of nitrogens with one attached hydrogen (secondary N) is 1. The van der Waals surface area contributed by atoms with E-state index in [0.29, 0.717) is 0 Å². The molecule has 0 aromatic carbocycles. The van der Waals surface area contributed by atoms with E-state index in [4.69, 9.17) is 5.73 Å². The monoisotopic (exact) mass is 266 g/mol. The van der Waals surface area contributed by atoms with Crippen LogP contribution in [0.4, 0.5) is 5.82 Å². The fraction of sp³-hybridized carbons (Fsp3) is 0.692. The van der Waals surface area contributed by atoms with E-state index in [-0.39, 0.29) is 0 Å². The highest BCUT2D eigenvalue weighted by Crippen LogP contribution is 2.28. The largest absolute Gasteiger partial charge is 0.370 e. The first kappa shape index (κ1) is 13.6. The average Bonchev–Trinajstić information content (AvgIpc) is 2.46. The van der Waals surface area contributed by atoms with Crippen molar-refractivity contribution in [1.82, 2.24) is 9.97 Å². The predicted molar refractivity (Wildman–Crippen MR) is 76.8 cm³/mol. The van der Waals surface area contributed by atoms with Gasteiger partial charge in [0.05, 0.1) is 0 Å². The van der Waals surface area contributed by atoms with Crippen molar-refractivity contribution in [3.8, 4) is 0 Å². The number of nitrogens with zero attached hydrogens (tertiary/aromatic N) is 2. The Kier molecular flexibility index (Phi) is 5.26. The molecule has 0 atom stereocenters. The molecule has 1 aliphatic carbocycles. The van der Waals surface area contributed by atoms with Crippen LogP contribution in [-0.4, -0.2) is 29.3 Å². The molecular weight excluding hydrogens is 244 g/mol. The second-order valence-corrected chi connectivity index (χ2v) is 5.78. The first-order valence-electron chi connectivity index (χ1n) is 6.61. The Balaban J connectivity index is 1.77. The van der Waals surface area contributed by atoms with E-state index < -0.39 is 0 Å². The van der Waals surface area contributed by atoms with E-state index in [1.54, 1.807) is 18.1 Å². The van der Waals surface area contributed by atoms with Gasteiger partial charge in [0, 0.05) is 12.6 Å². The van der Waals surface area contributed by atoms with Crippen molar-refractivity contribution >= 4 is 17.6 Å². The molecule has 1 aliphatic rings. The topological polar surface area (TPSA) is 63.8 Å². The summed E-state index contributed by atoms with van der Waals surface area (Å²) in [7, 11) is 0. The smallest absolute Gasteiger partial charge is 0.130 e. The van der Waals surface area contributed by atoms with Gasteiger partial charge in [0.2, 0.25) is 0 Å². The third kappa shape index (κ3) is 3.85. The van der Waals surface area contributed by atoms with Crippen LogP contribution in [0, 0.1) is 11.8 Å². The maximum atomic E-state index is 5.71. The summed E-state index contributed by atoms with van der Waals surface area (Å²) in [5.41, 5.74) is 5.71. The molecule has 18 heavy (non-hydrogen) atoms. The van der Waals surface area contributed by atoms with Gasteiger partial charge >= 0.3 is 0 Å². The summed E-state index contributed by atoms with van der Waals surface area (Å²) in [6.45, 7) is 1.87. The standard InChI is InChI=1S/C13H22N4S/c1-18-13-6-12(16-9-17-13)15-8-11-4-2-10(7-14)3-5-11/h6,9-11H,2-5,7-8,14H2,1H3,(H,15,16,17). The van der Waals surface area contributed by atoms with Crippen LogP contribution in [0.5, 0.6) is 0 Å². The molecule has 1 aromatic rings. The Morgan fingerprint density at radius 1 is 1.28 bits per heavy atom. The second kappa shape index (κ2) is 6.95. The zero-order valence-electron chi connectivity index (χ0n) is 10.9. The molecule has 0 radical (unpaired) electrons. The molecule has 0 saturated heterocycles. The summed E-state index contributed by atoms with van der Waals surface area (Å²) in [6.07, 6.45) is 8.79. The van der Waals surface area contributed by atoms with Gasteiger partial charge < -0.3 is 11.1 Å². The fourth-order valence-electron chi connectivity index (χ4n) is 2.47. The Labute approximate surface area is 113 Å². The lowest BCUT2D eigenvalue weighted by Crippen LogP contribution is -2.25. The molecule has 1 heterocycles. The van der Waals surface area contributed by atoms with Gasteiger partial charge in [-0.15, -0.1) is 11.8 Å². The Bertz CT molecular complexity index is 364. The zero-order valence-corrected chi connectivity index (χ0v) is 11.7. The van der Waals surface area contributed by atoms with Crippen LogP contribution in [0.3, 0.4) is 0 Å². The quantitative estimate of drug-likeness (QED) is 0.633. The summed E-state index contributed by atoms with van der Waals surface area (Å²) in [5, 5.41) is 4.44. The number of hydrogen-bond acceptors (Lipinski definition) is 5. The van der Waals surface area contributed by atoms with Gasteiger partial charge in [0.25, 0.3) is 0 Å². The number of aromatic nitrogens is 2. The van der Waals surface area contributed by atoms with Crippen molar-refractivity contribution in [3.05, 3.63) is 12.4 Å². The molecule has 0 amide bonds. The lowest BCUT2D eigenvalue weighted by Gasteiger charge is -2.27. The molecule has 5 heteroatoms. The molecule has 4 nitrogen and oxygen atoms in total. The maximum absolute atomic E-state index is 5.71. The zero-order chi connectivity index (χ0) is 12.8. The number of thioether (sulfide) groups is 1. The predicted octanol–water partition coefficient (Wildman–Crippen LogP) is 2.38. The van der Waals surface area contributed by atoms with E-state index in [1.807, 2.05) is 12.3 Å². The van der Waals surface area contributed by atoms with Crippen molar-refractivity contribution < 1.29 is 0 Å². The molecule has 0 aliphatic heterocycles. The van der Waals surface area contributed by atoms with E-state index in [2.05, 4.69) is 15.3 Å². The van der Waals surface area contributed by atoms with Gasteiger partial charge in [-0.05, 0) is 50.3 Å². The van der Waals surface area contributed by atoms with E-state index in [0.717, 1.165) is 35.8 Å². The molecule has 0 spiro atoms. The lowest BCUT2D eigenvalue weighted by atomic mass is 9.82. The van der Waals surface area contributed by atoms with Crippen LogP contribution < -0.4 is 11.1 Å². The number of nitrogens with two attached hydrogens (primary N) is 1. The summed E-state index contributed by atoms with van der Waals surface area (Å²) >= 11 is 1.64. The molecule has 0 bridgehead atoms. The van der Waals surface area contributed by atoms with Gasteiger partial charge in [-0.2, -0.15) is 0 Å². The van der Waals surface area contributed by atoms with Crippen molar-refractivity contribution in [3.63, 3.8) is 0 Å². The molecule has 0 unspecified atom stereocenters. The first-order chi connectivity index (χ1) is 8.81. The van der Waals surface area contributed by atoms with E-state index in [1.165, 1.54) is 25.7 Å². The van der Waals surface area contributed by atoms with Crippen molar-refractivity contribution in [2.45, 2.75) is 30.7 Å². The maximum Gasteiger partial charge on any atom is 0.130 e. The van der Waals surface area contributed by atoms with Crippen LogP contribution in [-0.2, 0) is 0 Å². The lowest BCUT2D eigenvalue weighted by molar-refractivity contribution is 0.289. The average molecular weight is 266 g/mol. The molecule has 1 saturated carbocycles. The van der Waals surface area contributed by atoms with Crippen LogP contribution in [0.15, 0.2) is 17.4 Å². The third-order valence-corrected chi connectivity index (χ3v) is 4.36. The van der Waals surface area contributed by atoms with Gasteiger partial charge in [-0.25, -0.2) is 9.97 Å². The van der Waals surface area contributed by atoms with Crippen molar-refractivity contribution in [2.75, 3.05) is 24.7 Å². The Morgan fingerprint density at radius 2 is 2.00 bits per heavy atom. The Morgan fingerprint density at radius 3 is 2.67 bits per heavy atom. The third-order valence-electron chi connectivity index (χ3n) is 3.72. The summed E-state index contributed by atoms with van der Waals surface area (Å²) in [6, 6.07) is 2.01. The van der Waals surface area contributed by atoms with Crippen LogP contribution in [0.2, 0.25) is 0 Å². The fourth-order valence-corrected chi connectivity index (χ4v) is 2.85. The van der Waals surface area contributed by atoms with Gasteiger partial charge in [-0.1, -0.05) is 0 Å². The number of anilines is 1. The molecule has 1 aromatic heterocycles. The normalized spacial score (nSPS) is 23.9. The van der Waals surface area contributed by atoms with E-state index in [9.17, 15) is 0 Å². The molecule has 2 rings (SSSR count). The number of rotatable bonds is 5. The molecule has 1 fully saturated rings. The summed E-state index contributed by atoms with van der Waals surface area (Å²) < 4.78 is 0. The van der Waals surface area contributed by atoms with E-state index >= 15 is 0 Å². The highest BCUT2D eigenvalue weighted by atomic mass is 32.2. The first-order valence-corrected chi connectivity index (χ1v) is 7.84. The molecule has 100 valence electrons. The van der Waals surface area contributed by atoms with Gasteiger partial charge in [0.1, 0.15) is 17.2 Å². The highest BCUT2D eigenvalue weighted by Gasteiger charge is 2.19. The van der Waals surface area contributed by atoms with Gasteiger partial charge in [-0.3, -0.25) is 0 Å². The van der Waals surface area contributed by atoms with Crippen LogP contribution >= 0.6 is 11.8 Å². The van der Waals surface area contributed by atoms with Crippen LogP contribution in [0.1, 0.15) is 25.7 Å². The molecular formula is C13H22N4S. The second-order valence-electron chi connectivity index (χ2n) is 4.95. The molecule has 3 N–H and O–H groups in total. The summed E-state index contributed by atoms with van der Waals surface area (Å²) in [5.74, 6) is 2.46. The van der Waals surface area contributed by atoms with Crippen LogP contribution in [0.25, 0.3) is 0 Å². The van der Waals surface area contributed by atoms with Gasteiger partial charge in [0.15, 0.2) is 0 Å². The minimum absolute atomic E-state index is 0.753. The minimum atomic E-state index is 0.753. The Hall–Kier alpha value is -0.810. The van der Waals surface area contributed by atoms with Crippen molar-refractivity contribution in [1.29, 1.82) is 0 Å². The highest BCUT2D eigenvalue weighted by molar-refractivity contribution is 7.98. The van der Waals surface area contributed by atoms with Crippen molar-refractivity contribution in [2.24, 2.45) is 17.6 Å². The summed E-state index contributed by atoms with van der Waals surface area (Å²) in [4.78, 5) is 8.42. The SMILES string of the molecule is CSc1cc(NCC2CCC(CN)CC2)ncn1. The minimum Gasteiger partial charge on any atom is -0.370 e.